The molecular weight excluding hydrogens is 669 g/mol. The lowest BCUT2D eigenvalue weighted by molar-refractivity contribution is -0.335. The molecule has 4 aromatic carbocycles. The van der Waals surface area contributed by atoms with Gasteiger partial charge in [0.25, 0.3) is 0 Å². The van der Waals surface area contributed by atoms with Gasteiger partial charge in [-0.05, 0) is 48.0 Å². The first-order chi connectivity index (χ1) is 24.5. The number of aliphatic hydroxyl groups is 1. The van der Waals surface area contributed by atoms with Crippen LogP contribution in [0.1, 0.15) is 36.6 Å². The molecule has 268 valence electrons. The predicted octanol–water partition coefficient (Wildman–Crippen LogP) is 6.32. The maximum Gasteiger partial charge on any atom is 0.338 e. The summed E-state index contributed by atoms with van der Waals surface area (Å²) in [6.45, 7) is 6.07. The van der Waals surface area contributed by atoms with Crippen LogP contribution < -0.4 is 0 Å². The Kier molecular flexibility index (Phi) is 12.9. The quantitative estimate of drug-likeness (QED) is 0.0850. The molecule has 1 heterocycles. The van der Waals surface area contributed by atoms with E-state index < -0.39 is 62.8 Å². The molecule has 0 saturated carbocycles. The van der Waals surface area contributed by atoms with Crippen molar-refractivity contribution in [1.82, 2.24) is 0 Å². The summed E-state index contributed by atoms with van der Waals surface area (Å²) in [5, 5.41) is 12.7. The van der Waals surface area contributed by atoms with Crippen molar-refractivity contribution in [3.8, 4) is 0 Å². The zero-order valence-corrected chi connectivity index (χ0v) is 30.0. The van der Waals surface area contributed by atoms with E-state index >= 15 is 0 Å². The third-order valence-electron chi connectivity index (χ3n) is 8.37. The Morgan fingerprint density at radius 1 is 0.706 bits per heavy atom. The Hall–Kier alpha value is -4.65. The minimum atomic E-state index is -2.29. The van der Waals surface area contributed by atoms with Crippen LogP contribution in [0.5, 0.6) is 0 Å². The number of carbonyl (C=O) groups excluding carboxylic acids is 3. The van der Waals surface area contributed by atoms with E-state index in [2.05, 4.69) is 19.6 Å². The normalized spacial score (nSPS) is 21.7. The Morgan fingerprint density at radius 3 is 1.73 bits per heavy atom. The number of ether oxygens (including phenoxy) is 6. The molecule has 0 aromatic heterocycles. The number of hydrogen-bond donors (Lipinski definition) is 1. The van der Waals surface area contributed by atoms with E-state index in [0.717, 1.165) is 11.6 Å². The minimum Gasteiger partial charge on any atom is -0.459 e. The lowest BCUT2D eigenvalue weighted by Crippen LogP contribution is -2.71. The molecule has 0 unspecified atom stereocenters. The first kappa shape index (κ1) is 37.6. The van der Waals surface area contributed by atoms with Crippen molar-refractivity contribution in [3.05, 3.63) is 144 Å². The summed E-state index contributed by atoms with van der Waals surface area (Å²) in [6.07, 6.45) is -5.70. The van der Waals surface area contributed by atoms with Gasteiger partial charge in [-0.15, -0.1) is 0 Å². The van der Waals surface area contributed by atoms with E-state index in [1.165, 1.54) is 0 Å². The van der Waals surface area contributed by atoms with Crippen LogP contribution in [0.25, 0.3) is 0 Å². The van der Waals surface area contributed by atoms with Gasteiger partial charge in [-0.3, -0.25) is 0 Å². The summed E-state index contributed by atoms with van der Waals surface area (Å²) < 4.78 is 36.6. The molecule has 51 heavy (non-hydrogen) atoms. The van der Waals surface area contributed by atoms with Crippen LogP contribution >= 0.6 is 0 Å². The molecule has 1 fully saturated rings. The molecule has 0 bridgehead atoms. The van der Waals surface area contributed by atoms with E-state index in [-0.39, 0.29) is 36.5 Å². The Morgan fingerprint density at radius 2 is 1.20 bits per heavy atom. The van der Waals surface area contributed by atoms with Crippen molar-refractivity contribution < 1.29 is 47.9 Å². The lowest BCUT2D eigenvalue weighted by atomic mass is 9.84. The summed E-state index contributed by atoms with van der Waals surface area (Å²) in [4.78, 5) is 40.5. The molecule has 0 amide bonds. The summed E-state index contributed by atoms with van der Waals surface area (Å²) in [5.74, 6) is -2.29. The first-order valence-corrected chi connectivity index (χ1v) is 20.6. The molecule has 10 nitrogen and oxygen atoms in total. The van der Waals surface area contributed by atoms with Crippen LogP contribution in [-0.2, 0) is 35.0 Å². The fourth-order valence-electron chi connectivity index (χ4n) is 5.45. The van der Waals surface area contributed by atoms with Crippen LogP contribution in [0.4, 0.5) is 0 Å². The molecule has 5 atom stereocenters. The second-order valence-corrected chi connectivity index (χ2v) is 19.2. The maximum absolute atomic E-state index is 13.7. The van der Waals surface area contributed by atoms with Crippen molar-refractivity contribution in [2.45, 2.75) is 62.5 Å². The fraction of sp³-hybridized carbons (Fsp3) is 0.325. The number of rotatable bonds is 15. The van der Waals surface area contributed by atoms with Crippen LogP contribution in [0, 0.1) is 0 Å². The number of esters is 3. The van der Waals surface area contributed by atoms with Crippen LogP contribution in [0.15, 0.2) is 121 Å². The van der Waals surface area contributed by atoms with Gasteiger partial charge >= 0.3 is 17.9 Å². The highest BCUT2D eigenvalue weighted by molar-refractivity contribution is 6.76. The SMILES string of the molecule is C[Si](C)(C)CCO[C@@H]1O[C@H](COCc2ccccc2)[C@@](O)(COC(=O)c2ccccc2)[C@H](OC(=O)c2ccccc2)[C@H]1OC(=O)c1ccccc1. The van der Waals surface area contributed by atoms with E-state index in [4.69, 9.17) is 28.4 Å². The second-order valence-electron chi connectivity index (χ2n) is 13.5. The van der Waals surface area contributed by atoms with Crippen molar-refractivity contribution in [3.63, 3.8) is 0 Å². The van der Waals surface area contributed by atoms with Gasteiger partial charge in [-0.2, -0.15) is 0 Å². The van der Waals surface area contributed by atoms with Crippen molar-refractivity contribution in [2.75, 3.05) is 19.8 Å². The topological polar surface area (TPSA) is 127 Å². The Labute approximate surface area is 299 Å². The average molecular weight is 713 g/mol. The van der Waals surface area contributed by atoms with Gasteiger partial charge in [0.1, 0.15) is 12.7 Å². The van der Waals surface area contributed by atoms with Crippen LogP contribution in [0.2, 0.25) is 25.7 Å². The minimum absolute atomic E-state index is 0.169. The van der Waals surface area contributed by atoms with Gasteiger partial charge < -0.3 is 33.5 Å². The second kappa shape index (κ2) is 17.5. The summed E-state index contributed by atoms with van der Waals surface area (Å²) in [7, 11) is -1.60. The van der Waals surface area contributed by atoms with Gasteiger partial charge in [0.15, 0.2) is 24.1 Å². The largest absolute Gasteiger partial charge is 0.459 e. The maximum atomic E-state index is 13.7. The summed E-state index contributed by atoms with van der Waals surface area (Å²) in [5.41, 5.74) is -0.761. The molecule has 4 aromatic rings. The third kappa shape index (κ3) is 10.4. The smallest absolute Gasteiger partial charge is 0.338 e. The molecule has 1 N–H and O–H groups in total. The molecular formula is C40H44O10Si. The fourth-order valence-corrected chi connectivity index (χ4v) is 6.18. The van der Waals surface area contributed by atoms with Crippen molar-refractivity contribution >= 4 is 26.0 Å². The van der Waals surface area contributed by atoms with Crippen LogP contribution in [-0.4, -0.2) is 81.1 Å². The monoisotopic (exact) mass is 712 g/mol. The molecule has 0 aliphatic carbocycles. The number of benzene rings is 4. The lowest BCUT2D eigenvalue weighted by Gasteiger charge is -2.49. The Balaban J connectivity index is 1.54. The van der Waals surface area contributed by atoms with Crippen LogP contribution in [0.3, 0.4) is 0 Å². The van der Waals surface area contributed by atoms with Crippen molar-refractivity contribution in [1.29, 1.82) is 0 Å². The highest BCUT2D eigenvalue weighted by Gasteiger charge is 2.61. The molecule has 1 aliphatic rings. The first-order valence-electron chi connectivity index (χ1n) is 16.9. The zero-order chi connectivity index (χ0) is 36.3. The molecule has 0 radical (unpaired) electrons. The number of hydrogen-bond acceptors (Lipinski definition) is 10. The Bertz CT molecular complexity index is 1700. The number of carbonyl (C=O) groups is 3. The average Bonchev–Trinajstić information content (AvgIpc) is 3.14. The third-order valence-corrected chi connectivity index (χ3v) is 10.1. The molecule has 1 saturated heterocycles. The highest BCUT2D eigenvalue weighted by Crippen LogP contribution is 2.37. The van der Waals surface area contributed by atoms with Gasteiger partial charge in [-0.25, -0.2) is 14.4 Å². The molecule has 1 aliphatic heterocycles. The van der Waals surface area contributed by atoms with E-state index in [9.17, 15) is 19.5 Å². The molecule has 0 spiro atoms. The van der Waals surface area contributed by atoms with Crippen molar-refractivity contribution in [2.24, 2.45) is 0 Å². The van der Waals surface area contributed by atoms with Gasteiger partial charge in [0.2, 0.25) is 0 Å². The summed E-state index contributed by atoms with van der Waals surface area (Å²) >= 11 is 0. The predicted molar refractivity (Wildman–Crippen MR) is 192 cm³/mol. The molecule has 5 rings (SSSR count). The summed E-state index contributed by atoms with van der Waals surface area (Å²) in [6, 6.07) is 34.9. The molecule has 11 heteroatoms. The van der Waals surface area contributed by atoms with E-state index in [0.29, 0.717) is 0 Å². The van der Waals surface area contributed by atoms with Gasteiger partial charge in [-0.1, -0.05) is 105 Å². The van der Waals surface area contributed by atoms with Gasteiger partial charge in [0.05, 0.1) is 29.9 Å². The zero-order valence-electron chi connectivity index (χ0n) is 29.0. The standard InChI is InChI=1S/C40H44O10Si/c1-51(2,3)25-24-46-39-34(49-37(42)31-20-12-6-13-21-31)35(50-38(43)32-22-14-7-15-23-32)40(44,28-47-36(41)30-18-10-5-11-19-30)33(48-39)27-45-26-29-16-8-4-9-17-29/h4-23,33-35,39,44H,24-28H2,1-3H3/t33-,34-,35-,39-,40+/m1/s1. The highest BCUT2D eigenvalue weighted by atomic mass is 28.3. The van der Waals surface area contributed by atoms with E-state index in [1.54, 1.807) is 91.0 Å². The van der Waals surface area contributed by atoms with Gasteiger partial charge in [0, 0.05) is 14.7 Å². The van der Waals surface area contributed by atoms with E-state index in [1.807, 2.05) is 30.3 Å².